The van der Waals surface area contributed by atoms with Gasteiger partial charge in [0, 0.05) is 16.8 Å². The topological polar surface area (TPSA) is 32.3 Å². The van der Waals surface area contributed by atoms with Crippen LogP contribution in [0.5, 0.6) is 0 Å². The maximum atomic E-state index is 12.9. The van der Waals surface area contributed by atoms with Gasteiger partial charge in [-0.1, -0.05) is 41.9 Å². The van der Waals surface area contributed by atoms with Gasteiger partial charge >= 0.3 is 6.03 Å². The predicted octanol–water partition coefficient (Wildman–Crippen LogP) is 4.74. The van der Waals surface area contributed by atoms with Gasteiger partial charge in [-0.15, -0.1) is 0 Å². The zero-order chi connectivity index (χ0) is 16.6. The summed E-state index contributed by atoms with van der Waals surface area (Å²) in [5.74, 6) is 0. The summed E-state index contributed by atoms with van der Waals surface area (Å²) in [5.41, 5.74) is 2.78. The number of nitrogens with one attached hydrogen (secondary N) is 1. The number of carbonyl (C=O) groups excluding carboxylic acids is 1. The van der Waals surface area contributed by atoms with Crippen molar-refractivity contribution >= 4 is 23.3 Å². The van der Waals surface area contributed by atoms with Crippen molar-refractivity contribution in [1.29, 1.82) is 0 Å². The van der Waals surface area contributed by atoms with E-state index in [1.54, 1.807) is 0 Å². The lowest BCUT2D eigenvalue weighted by atomic mass is 9.94. The average molecular weight is 329 g/mol. The Bertz CT molecular complexity index is 724. The van der Waals surface area contributed by atoms with Crippen LogP contribution >= 0.6 is 11.6 Å². The molecule has 0 saturated carbocycles. The summed E-state index contributed by atoms with van der Waals surface area (Å²) in [6.45, 7) is 6.08. The molecule has 1 unspecified atom stereocenters. The molecule has 0 fully saturated rings. The molecule has 23 heavy (non-hydrogen) atoms. The van der Waals surface area contributed by atoms with Crippen molar-refractivity contribution in [3.8, 4) is 0 Å². The lowest BCUT2D eigenvalue weighted by Gasteiger charge is -2.31. The molecule has 1 heterocycles. The molecule has 2 aromatic carbocycles. The second-order valence-corrected chi connectivity index (χ2v) is 7.05. The van der Waals surface area contributed by atoms with Crippen LogP contribution < -0.4 is 10.2 Å². The standard InChI is InChI=1S/C19H21ClN2O/c1-13-12-14-6-4-5-7-17(14)22(13)18(23)21-19(2,3)15-8-10-16(20)11-9-15/h4-11,13H,12H2,1-3H3,(H,21,23). The van der Waals surface area contributed by atoms with Crippen molar-refractivity contribution in [2.75, 3.05) is 4.90 Å². The van der Waals surface area contributed by atoms with Gasteiger partial charge < -0.3 is 5.32 Å². The van der Waals surface area contributed by atoms with Crippen molar-refractivity contribution in [2.45, 2.75) is 38.8 Å². The van der Waals surface area contributed by atoms with Crippen molar-refractivity contribution in [3.63, 3.8) is 0 Å². The first-order chi connectivity index (χ1) is 10.9. The van der Waals surface area contributed by atoms with Gasteiger partial charge in [0.2, 0.25) is 0 Å². The lowest BCUT2D eigenvalue weighted by Crippen LogP contribution is -2.50. The summed E-state index contributed by atoms with van der Waals surface area (Å²) < 4.78 is 0. The fourth-order valence-electron chi connectivity index (χ4n) is 3.14. The van der Waals surface area contributed by atoms with E-state index in [9.17, 15) is 4.79 Å². The number of anilines is 1. The van der Waals surface area contributed by atoms with Crippen LogP contribution in [0, 0.1) is 0 Å². The summed E-state index contributed by atoms with van der Waals surface area (Å²) >= 11 is 5.95. The molecule has 0 aromatic heterocycles. The SMILES string of the molecule is CC1Cc2ccccc2N1C(=O)NC(C)(C)c1ccc(Cl)cc1. The molecular formula is C19H21ClN2O. The molecular weight excluding hydrogens is 308 g/mol. The van der Waals surface area contributed by atoms with E-state index in [2.05, 4.69) is 18.3 Å². The number of para-hydroxylation sites is 1. The molecule has 0 spiro atoms. The first-order valence-electron chi connectivity index (χ1n) is 7.84. The summed E-state index contributed by atoms with van der Waals surface area (Å²) in [4.78, 5) is 14.7. The number of halogens is 1. The van der Waals surface area contributed by atoms with E-state index in [1.165, 1.54) is 5.56 Å². The van der Waals surface area contributed by atoms with E-state index in [0.29, 0.717) is 5.02 Å². The van der Waals surface area contributed by atoms with Gasteiger partial charge in [-0.05, 0) is 56.5 Å². The van der Waals surface area contributed by atoms with E-state index < -0.39 is 5.54 Å². The number of benzene rings is 2. The van der Waals surface area contributed by atoms with Crippen LogP contribution in [0.4, 0.5) is 10.5 Å². The van der Waals surface area contributed by atoms with Gasteiger partial charge in [-0.25, -0.2) is 4.79 Å². The van der Waals surface area contributed by atoms with Crippen LogP contribution in [0.15, 0.2) is 48.5 Å². The maximum absolute atomic E-state index is 12.9. The van der Waals surface area contributed by atoms with Gasteiger partial charge in [0.05, 0.1) is 5.54 Å². The molecule has 0 bridgehead atoms. The molecule has 3 rings (SSSR count). The molecule has 3 nitrogen and oxygen atoms in total. The minimum Gasteiger partial charge on any atom is -0.329 e. The van der Waals surface area contributed by atoms with Crippen LogP contribution in [-0.2, 0) is 12.0 Å². The van der Waals surface area contributed by atoms with Crippen molar-refractivity contribution in [3.05, 3.63) is 64.7 Å². The normalized spacial score (nSPS) is 17.0. The Balaban J connectivity index is 1.82. The highest BCUT2D eigenvalue weighted by molar-refractivity contribution is 6.30. The number of fused-ring (bicyclic) bond motifs is 1. The third kappa shape index (κ3) is 3.06. The zero-order valence-electron chi connectivity index (χ0n) is 13.6. The Morgan fingerprint density at radius 1 is 1.17 bits per heavy atom. The highest BCUT2D eigenvalue weighted by atomic mass is 35.5. The first-order valence-corrected chi connectivity index (χ1v) is 8.21. The van der Waals surface area contributed by atoms with E-state index in [-0.39, 0.29) is 12.1 Å². The van der Waals surface area contributed by atoms with Gasteiger partial charge in [-0.3, -0.25) is 4.90 Å². The second kappa shape index (κ2) is 5.89. The summed E-state index contributed by atoms with van der Waals surface area (Å²) in [5, 5.41) is 3.84. The number of hydrogen-bond acceptors (Lipinski definition) is 1. The highest BCUT2D eigenvalue weighted by Crippen LogP contribution is 2.32. The number of rotatable bonds is 2. The molecule has 1 aliphatic heterocycles. The molecule has 0 saturated heterocycles. The van der Waals surface area contributed by atoms with E-state index in [0.717, 1.165) is 17.7 Å². The monoisotopic (exact) mass is 328 g/mol. The van der Waals surface area contributed by atoms with Crippen molar-refractivity contribution < 1.29 is 4.79 Å². The van der Waals surface area contributed by atoms with Crippen LogP contribution in [0.3, 0.4) is 0 Å². The van der Waals surface area contributed by atoms with Crippen LogP contribution in [0.2, 0.25) is 5.02 Å². The Kier molecular flexibility index (Phi) is 4.07. The van der Waals surface area contributed by atoms with E-state index in [4.69, 9.17) is 11.6 Å². The Labute approximate surface area is 142 Å². The molecule has 1 aliphatic rings. The summed E-state index contributed by atoms with van der Waals surface area (Å²) in [6, 6.07) is 15.8. The van der Waals surface area contributed by atoms with Gasteiger partial charge in [0.25, 0.3) is 0 Å². The molecule has 120 valence electrons. The smallest absolute Gasteiger partial charge is 0.322 e. The molecule has 2 amide bonds. The van der Waals surface area contributed by atoms with Gasteiger partial charge in [0.15, 0.2) is 0 Å². The molecule has 1 N–H and O–H groups in total. The lowest BCUT2D eigenvalue weighted by molar-refractivity contribution is 0.234. The minimum absolute atomic E-state index is 0.0672. The van der Waals surface area contributed by atoms with Crippen LogP contribution in [0.25, 0.3) is 0 Å². The average Bonchev–Trinajstić information content (AvgIpc) is 2.83. The molecule has 4 heteroatoms. The fraction of sp³-hybridized carbons (Fsp3) is 0.316. The summed E-state index contributed by atoms with van der Waals surface area (Å²) in [6.07, 6.45) is 0.894. The summed E-state index contributed by atoms with van der Waals surface area (Å²) in [7, 11) is 0. The highest BCUT2D eigenvalue weighted by Gasteiger charge is 2.33. The molecule has 1 atom stereocenters. The fourth-order valence-corrected chi connectivity index (χ4v) is 3.27. The van der Waals surface area contributed by atoms with E-state index in [1.807, 2.05) is 61.2 Å². The van der Waals surface area contributed by atoms with E-state index >= 15 is 0 Å². The Hall–Kier alpha value is -2.00. The number of amides is 2. The molecule has 0 aliphatic carbocycles. The Morgan fingerprint density at radius 2 is 1.83 bits per heavy atom. The van der Waals surface area contributed by atoms with Crippen molar-refractivity contribution in [2.24, 2.45) is 0 Å². The Morgan fingerprint density at radius 3 is 2.52 bits per heavy atom. The van der Waals surface area contributed by atoms with Crippen LogP contribution in [-0.4, -0.2) is 12.1 Å². The number of carbonyl (C=O) groups is 1. The largest absolute Gasteiger partial charge is 0.329 e. The maximum Gasteiger partial charge on any atom is 0.322 e. The molecule has 2 aromatic rings. The van der Waals surface area contributed by atoms with Crippen molar-refractivity contribution in [1.82, 2.24) is 5.32 Å². The first kappa shape index (κ1) is 15.9. The van der Waals surface area contributed by atoms with Gasteiger partial charge in [-0.2, -0.15) is 0 Å². The third-order valence-corrected chi connectivity index (χ3v) is 4.66. The number of nitrogens with zero attached hydrogens (tertiary/aromatic N) is 1. The molecule has 0 radical (unpaired) electrons. The third-order valence-electron chi connectivity index (χ3n) is 4.41. The zero-order valence-corrected chi connectivity index (χ0v) is 14.4. The minimum atomic E-state index is -0.473. The predicted molar refractivity (Wildman–Crippen MR) is 95.1 cm³/mol. The number of urea groups is 1. The second-order valence-electron chi connectivity index (χ2n) is 6.61. The number of hydrogen-bond donors (Lipinski definition) is 1. The quantitative estimate of drug-likeness (QED) is 0.848. The van der Waals surface area contributed by atoms with Gasteiger partial charge in [0.1, 0.15) is 0 Å². The van der Waals surface area contributed by atoms with Crippen LogP contribution in [0.1, 0.15) is 31.9 Å².